The standard InChI is InChI=1S/C13H18N4O/c1-9-6-10(2-3-12(9)14)16-4-5-17-11(8-16)7-15-13(17)18/h2-3,6,11H,4-5,7-8,14H2,1H3,(H,15,18). The van der Waals surface area contributed by atoms with Gasteiger partial charge in [0.05, 0.1) is 6.04 Å². The third-order valence-electron chi connectivity index (χ3n) is 3.85. The second-order valence-electron chi connectivity index (χ2n) is 5.02. The molecule has 2 saturated heterocycles. The molecule has 2 fully saturated rings. The van der Waals surface area contributed by atoms with Crippen LogP contribution < -0.4 is 16.0 Å². The molecule has 0 saturated carbocycles. The number of hydrogen-bond donors (Lipinski definition) is 2. The fourth-order valence-electron chi connectivity index (χ4n) is 2.70. The van der Waals surface area contributed by atoms with E-state index >= 15 is 0 Å². The Balaban J connectivity index is 1.78. The number of nitrogens with one attached hydrogen (secondary N) is 1. The summed E-state index contributed by atoms with van der Waals surface area (Å²) in [6, 6.07) is 6.50. The van der Waals surface area contributed by atoms with Gasteiger partial charge in [0.15, 0.2) is 0 Å². The number of anilines is 2. The van der Waals surface area contributed by atoms with Gasteiger partial charge in [0.2, 0.25) is 0 Å². The first-order valence-corrected chi connectivity index (χ1v) is 6.30. The maximum Gasteiger partial charge on any atom is 0.317 e. The minimum absolute atomic E-state index is 0.0770. The van der Waals surface area contributed by atoms with Crippen molar-refractivity contribution in [1.82, 2.24) is 10.2 Å². The lowest BCUT2D eigenvalue weighted by Gasteiger charge is -2.38. The van der Waals surface area contributed by atoms with Crippen LogP contribution in [-0.2, 0) is 0 Å². The van der Waals surface area contributed by atoms with Gasteiger partial charge in [0.25, 0.3) is 0 Å². The first-order chi connectivity index (χ1) is 8.65. The van der Waals surface area contributed by atoms with Gasteiger partial charge in [-0.05, 0) is 30.7 Å². The number of nitrogens with two attached hydrogens (primary N) is 1. The number of fused-ring (bicyclic) bond motifs is 1. The molecular formula is C13H18N4O. The fourth-order valence-corrected chi connectivity index (χ4v) is 2.70. The molecule has 3 N–H and O–H groups in total. The Bertz CT molecular complexity index is 488. The summed E-state index contributed by atoms with van der Waals surface area (Å²) in [4.78, 5) is 15.8. The SMILES string of the molecule is Cc1cc(N2CCN3C(=O)NCC3C2)ccc1N. The van der Waals surface area contributed by atoms with Gasteiger partial charge in [0.1, 0.15) is 0 Å². The molecule has 5 heteroatoms. The Kier molecular flexibility index (Phi) is 2.54. The molecule has 0 bridgehead atoms. The number of benzene rings is 1. The lowest BCUT2D eigenvalue weighted by Crippen LogP contribution is -2.52. The van der Waals surface area contributed by atoms with Crippen LogP contribution in [0.1, 0.15) is 5.56 Å². The second-order valence-corrected chi connectivity index (χ2v) is 5.02. The number of nitrogens with zero attached hydrogens (tertiary/aromatic N) is 2. The molecular weight excluding hydrogens is 228 g/mol. The molecule has 2 aliphatic rings. The smallest absolute Gasteiger partial charge is 0.317 e. The topological polar surface area (TPSA) is 61.6 Å². The minimum atomic E-state index is 0.0770. The van der Waals surface area contributed by atoms with Crippen molar-refractivity contribution in [2.75, 3.05) is 36.8 Å². The van der Waals surface area contributed by atoms with Crippen LogP contribution in [0.2, 0.25) is 0 Å². The fraction of sp³-hybridized carbons (Fsp3) is 0.462. The molecule has 1 aromatic carbocycles. The predicted octanol–water partition coefficient (Wildman–Crippen LogP) is 0.791. The highest BCUT2D eigenvalue weighted by molar-refractivity contribution is 5.77. The summed E-state index contributed by atoms with van der Waals surface area (Å²) in [5.74, 6) is 0. The van der Waals surface area contributed by atoms with E-state index in [4.69, 9.17) is 5.73 Å². The highest BCUT2D eigenvalue weighted by Crippen LogP contribution is 2.24. The van der Waals surface area contributed by atoms with E-state index in [1.54, 1.807) is 0 Å². The monoisotopic (exact) mass is 246 g/mol. The Labute approximate surface area is 107 Å². The molecule has 0 spiro atoms. The van der Waals surface area contributed by atoms with Gasteiger partial charge in [-0.25, -0.2) is 4.79 Å². The van der Waals surface area contributed by atoms with E-state index < -0.39 is 0 Å². The molecule has 1 atom stereocenters. The summed E-state index contributed by atoms with van der Waals surface area (Å²) < 4.78 is 0. The van der Waals surface area contributed by atoms with Gasteiger partial charge < -0.3 is 20.9 Å². The number of amides is 2. The van der Waals surface area contributed by atoms with Crippen LogP contribution in [0, 0.1) is 6.92 Å². The van der Waals surface area contributed by atoms with Crippen molar-refractivity contribution in [1.29, 1.82) is 0 Å². The highest BCUT2D eigenvalue weighted by Gasteiger charge is 2.35. The summed E-state index contributed by atoms with van der Waals surface area (Å²) in [7, 11) is 0. The largest absolute Gasteiger partial charge is 0.399 e. The number of urea groups is 1. The number of carbonyl (C=O) groups is 1. The Hall–Kier alpha value is -1.91. The van der Waals surface area contributed by atoms with Crippen LogP contribution in [0.25, 0.3) is 0 Å². The quantitative estimate of drug-likeness (QED) is 0.720. The zero-order chi connectivity index (χ0) is 12.7. The zero-order valence-corrected chi connectivity index (χ0v) is 10.5. The van der Waals surface area contributed by atoms with Crippen molar-refractivity contribution in [3.8, 4) is 0 Å². The molecule has 1 unspecified atom stereocenters. The van der Waals surface area contributed by atoms with Gasteiger partial charge in [-0.2, -0.15) is 0 Å². The third-order valence-corrected chi connectivity index (χ3v) is 3.85. The van der Waals surface area contributed by atoms with E-state index in [9.17, 15) is 4.79 Å². The summed E-state index contributed by atoms with van der Waals surface area (Å²) >= 11 is 0. The van der Waals surface area contributed by atoms with Gasteiger partial charge in [-0.1, -0.05) is 0 Å². The van der Waals surface area contributed by atoms with Gasteiger partial charge in [-0.15, -0.1) is 0 Å². The zero-order valence-electron chi connectivity index (χ0n) is 10.5. The lowest BCUT2D eigenvalue weighted by atomic mass is 10.1. The number of carbonyl (C=O) groups excluding carboxylic acids is 1. The van der Waals surface area contributed by atoms with E-state index in [-0.39, 0.29) is 6.03 Å². The summed E-state index contributed by atoms with van der Waals surface area (Å²) in [5, 5.41) is 2.89. The second kappa shape index (κ2) is 4.08. The summed E-state index contributed by atoms with van der Waals surface area (Å²) in [6.45, 7) is 5.34. The van der Waals surface area contributed by atoms with Gasteiger partial charge >= 0.3 is 6.03 Å². The molecule has 96 valence electrons. The number of aryl methyl sites for hydroxylation is 1. The van der Waals surface area contributed by atoms with Crippen LogP contribution in [0.5, 0.6) is 0 Å². The predicted molar refractivity (Wildman–Crippen MR) is 71.7 cm³/mol. The first kappa shape index (κ1) is 11.2. The van der Waals surface area contributed by atoms with Crippen LogP contribution in [0.3, 0.4) is 0 Å². The third kappa shape index (κ3) is 1.75. The van der Waals surface area contributed by atoms with Gasteiger partial charge in [0, 0.05) is 37.6 Å². The van der Waals surface area contributed by atoms with Crippen LogP contribution in [0.15, 0.2) is 18.2 Å². The average Bonchev–Trinajstić information content (AvgIpc) is 2.74. The van der Waals surface area contributed by atoms with Crippen molar-refractivity contribution in [3.05, 3.63) is 23.8 Å². The number of piperazine rings is 1. The van der Waals surface area contributed by atoms with Crippen LogP contribution in [-0.4, -0.2) is 43.2 Å². The lowest BCUT2D eigenvalue weighted by molar-refractivity contribution is 0.197. The molecule has 0 aromatic heterocycles. The summed E-state index contributed by atoms with van der Waals surface area (Å²) in [6.07, 6.45) is 0. The molecule has 0 aliphatic carbocycles. The van der Waals surface area contributed by atoms with Crippen molar-refractivity contribution in [2.45, 2.75) is 13.0 Å². The normalized spacial score (nSPS) is 22.9. The molecule has 2 heterocycles. The first-order valence-electron chi connectivity index (χ1n) is 6.30. The molecule has 1 aromatic rings. The van der Waals surface area contributed by atoms with E-state index in [0.29, 0.717) is 6.04 Å². The molecule has 2 amide bonds. The molecule has 5 nitrogen and oxygen atoms in total. The van der Waals surface area contributed by atoms with Crippen LogP contribution >= 0.6 is 0 Å². The average molecular weight is 246 g/mol. The Morgan fingerprint density at radius 3 is 3.00 bits per heavy atom. The van der Waals surface area contributed by atoms with Crippen molar-refractivity contribution >= 4 is 17.4 Å². The maximum atomic E-state index is 11.5. The Morgan fingerprint density at radius 2 is 2.22 bits per heavy atom. The van der Waals surface area contributed by atoms with E-state index in [1.165, 1.54) is 5.69 Å². The summed E-state index contributed by atoms with van der Waals surface area (Å²) in [5.41, 5.74) is 8.97. The Morgan fingerprint density at radius 1 is 1.39 bits per heavy atom. The van der Waals surface area contributed by atoms with Crippen LogP contribution in [0.4, 0.5) is 16.2 Å². The van der Waals surface area contributed by atoms with E-state index in [0.717, 1.165) is 37.4 Å². The molecule has 3 rings (SSSR count). The highest BCUT2D eigenvalue weighted by atomic mass is 16.2. The molecule has 18 heavy (non-hydrogen) atoms. The minimum Gasteiger partial charge on any atom is -0.399 e. The number of nitrogen functional groups attached to an aromatic ring is 1. The maximum absolute atomic E-state index is 11.5. The van der Waals surface area contributed by atoms with Crippen molar-refractivity contribution in [3.63, 3.8) is 0 Å². The number of rotatable bonds is 1. The van der Waals surface area contributed by atoms with Crippen molar-refractivity contribution < 1.29 is 4.79 Å². The van der Waals surface area contributed by atoms with E-state index in [1.807, 2.05) is 17.9 Å². The van der Waals surface area contributed by atoms with E-state index in [2.05, 4.69) is 22.3 Å². The molecule has 2 aliphatic heterocycles. The molecule has 0 radical (unpaired) electrons. The number of hydrogen-bond acceptors (Lipinski definition) is 3. The van der Waals surface area contributed by atoms with Crippen molar-refractivity contribution in [2.24, 2.45) is 0 Å². The van der Waals surface area contributed by atoms with Gasteiger partial charge in [-0.3, -0.25) is 0 Å².